The Morgan fingerprint density at radius 1 is 0.919 bits per heavy atom. The fourth-order valence-electron chi connectivity index (χ4n) is 5.85. The normalized spacial score (nSPS) is 16.8. The average molecular weight is 494 g/mol. The highest BCUT2D eigenvalue weighted by Gasteiger charge is 2.31. The molecule has 1 aliphatic rings. The van der Waals surface area contributed by atoms with Gasteiger partial charge >= 0.3 is 5.97 Å². The number of rotatable bonds is 9. The van der Waals surface area contributed by atoms with Crippen LogP contribution in [0.4, 0.5) is 0 Å². The van der Waals surface area contributed by atoms with E-state index in [-0.39, 0.29) is 12.0 Å². The Morgan fingerprint density at radius 3 is 2.57 bits per heavy atom. The summed E-state index contributed by atoms with van der Waals surface area (Å²) in [7, 11) is 0. The van der Waals surface area contributed by atoms with Crippen LogP contribution in [0.1, 0.15) is 63.4 Å². The first-order chi connectivity index (χ1) is 18.0. The van der Waals surface area contributed by atoms with Crippen molar-refractivity contribution in [3.05, 3.63) is 112 Å². The summed E-state index contributed by atoms with van der Waals surface area (Å²) in [5.74, 6) is 0.195. The summed E-state index contributed by atoms with van der Waals surface area (Å²) in [6.45, 7) is 5.71. The Kier molecular flexibility index (Phi) is 7.57. The Hall–Kier alpha value is -3.63. The molecule has 190 valence electrons. The van der Waals surface area contributed by atoms with Crippen LogP contribution in [0.3, 0.4) is 0 Å². The first-order valence-corrected chi connectivity index (χ1v) is 13.3. The van der Waals surface area contributed by atoms with Crippen molar-refractivity contribution in [2.24, 2.45) is 0 Å². The number of aromatic carboxylic acids is 1. The minimum atomic E-state index is -0.858. The van der Waals surface area contributed by atoms with Gasteiger partial charge in [-0.05, 0) is 91.7 Å². The van der Waals surface area contributed by atoms with Crippen LogP contribution in [0.2, 0.25) is 0 Å². The molecule has 0 fully saturated rings. The number of fused-ring (bicyclic) bond motifs is 2. The zero-order chi connectivity index (χ0) is 25.8. The van der Waals surface area contributed by atoms with E-state index in [9.17, 15) is 9.90 Å². The predicted octanol–water partition coefficient (Wildman–Crippen LogP) is 7.05. The van der Waals surface area contributed by atoms with Gasteiger partial charge in [-0.25, -0.2) is 4.79 Å². The molecule has 1 aliphatic heterocycles. The Bertz CT molecular complexity index is 1400. The van der Waals surface area contributed by atoms with Crippen LogP contribution in [0.5, 0.6) is 5.75 Å². The van der Waals surface area contributed by atoms with E-state index in [1.165, 1.54) is 16.3 Å². The Morgan fingerprint density at radius 2 is 1.70 bits per heavy atom. The molecular weight excluding hydrogens is 458 g/mol. The highest BCUT2D eigenvalue weighted by atomic mass is 16.5. The van der Waals surface area contributed by atoms with Gasteiger partial charge in [-0.1, -0.05) is 72.8 Å². The molecule has 2 atom stereocenters. The van der Waals surface area contributed by atoms with Crippen molar-refractivity contribution in [2.45, 2.75) is 51.6 Å². The summed E-state index contributed by atoms with van der Waals surface area (Å²) in [5, 5.41) is 16.0. The van der Waals surface area contributed by atoms with E-state index in [1.807, 2.05) is 38.1 Å². The maximum Gasteiger partial charge on any atom is 0.336 e. The Labute approximate surface area is 219 Å². The fraction of sp³-hybridized carbons (Fsp3) is 0.303. The summed E-state index contributed by atoms with van der Waals surface area (Å²) in [6, 6.07) is 27.4. The van der Waals surface area contributed by atoms with E-state index in [1.54, 1.807) is 0 Å². The molecule has 0 bridgehead atoms. The zero-order valence-corrected chi connectivity index (χ0v) is 21.7. The number of nitrogens with one attached hydrogen (secondary N) is 1. The number of benzene rings is 4. The molecule has 0 amide bonds. The van der Waals surface area contributed by atoms with Gasteiger partial charge in [-0.3, -0.25) is 0 Å². The number of ether oxygens (including phenoxy) is 1. The van der Waals surface area contributed by atoms with Crippen LogP contribution in [0.15, 0.2) is 78.9 Å². The Balaban J connectivity index is 1.21. The minimum Gasteiger partial charge on any atom is -0.490 e. The van der Waals surface area contributed by atoms with E-state index in [0.29, 0.717) is 5.56 Å². The van der Waals surface area contributed by atoms with Crippen molar-refractivity contribution < 1.29 is 14.6 Å². The van der Waals surface area contributed by atoms with Crippen LogP contribution in [0, 0.1) is 13.8 Å². The van der Waals surface area contributed by atoms with Gasteiger partial charge in [-0.15, -0.1) is 0 Å². The highest BCUT2D eigenvalue weighted by Crippen LogP contribution is 2.43. The zero-order valence-electron chi connectivity index (χ0n) is 21.7. The summed E-state index contributed by atoms with van der Waals surface area (Å²) in [4.78, 5) is 11.9. The van der Waals surface area contributed by atoms with Crippen LogP contribution in [-0.2, 0) is 6.42 Å². The molecule has 1 heterocycles. The molecule has 0 spiro atoms. The molecule has 4 heteroatoms. The second-order valence-corrected chi connectivity index (χ2v) is 10.1. The van der Waals surface area contributed by atoms with E-state index >= 15 is 0 Å². The summed E-state index contributed by atoms with van der Waals surface area (Å²) >= 11 is 0. The number of aryl methyl sites for hydroxylation is 1. The van der Waals surface area contributed by atoms with Gasteiger partial charge in [0, 0.05) is 11.5 Å². The molecule has 0 aromatic heterocycles. The second kappa shape index (κ2) is 11.2. The standard InChI is InChI=1S/C33H35NO3/c1-22-16-17-27(23(2)32(22)33(35)36)30-21-26(37-31-15-6-5-14-29(30)31)12-8-19-34-20-18-25-11-7-10-24-9-3-4-13-28(24)25/h3-7,9-11,13-17,26,30,34H,8,12,18-21H2,1-2H3,(H,35,36). The van der Waals surface area contributed by atoms with Gasteiger partial charge in [0.2, 0.25) is 0 Å². The molecule has 2 unspecified atom stereocenters. The molecule has 4 aromatic rings. The first kappa shape index (κ1) is 25.0. The third-order valence-corrected chi connectivity index (χ3v) is 7.72. The molecule has 0 radical (unpaired) electrons. The summed E-state index contributed by atoms with van der Waals surface area (Å²) in [5.41, 5.74) is 5.72. The lowest BCUT2D eigenvalue weighted by Crippen LogP contribution is -2.28. The van der Waals surface area contributed by atoms with Gasteiger partial charge in [0.05, 0.1) is 11.7 Å². The molecule has 0 saturated carbocycles. The fourth-order valence-corrected chi connectivity index (χ4v) is 5.85. The van der Waals surface area contributed by atoms with Crippen molar-refractivity contribution in [3.63, 3.8) is 0 Å². The first-order valence-electron chi connectivity index (χ1n) is 13.3. The van der Waals surface area contributed by atoms with Crippen molar-refractivity contribution in [1.29, 1.82) is 0 Å². The number of carboxylic acids is 1. The van der Waals surface area contributed by atoms with Crippen LogP contribution >= 0.6 is 0 Å². The van der Waals surface area contributed by atoms with Crippen LogP contribution in [0.25, 0.3) is 10.8 Å². The predicted molar refractivity (Wildman–Crippen MR) is 150 cm³/mol. The van der Waals surface area contributed by atoms with Gasteiger partial charge in [0.15, 0.2) is 0 Å². The number of hydrogen-bond donors (Lipinski definition) is 2. The van der Waals surface area contributed by atoms with E-state index < -0.39 is 5.97 Å². The SMILES string of the molecule is Cc1ccc(C2CC(CCCNCCc3cccc4ccccc34)Oc3ccccc32)c(C)c1C(=O)O. The van der Waals surface area contributed by atoms with Crippen molar-refractivity contribution in [3.8, 4) is 5.75 Å². The molecule has 4 aromatic carbocycles. The lowest BCUT2D eigenvalue weighted by Gasteiger charge is -2.33. The van der Waals surface area contributed by atoms with E-state index in [4.69, 9.17) is 4.74 Å². The summed E-state index contributed by atoms with van der Waals surface area (Å²) in [6.07, 6.45) is 3.96. The lowest BCUT2D eigenvalue weighted by molar-refractivity contribution is 0.0695. The largest absolute Gasteiger partial charge is 0.490 e. The topological polar surface area (TPSA) is 58.6 Å². The van der Waals surface area contributed by atoms with Gasteiger partial charge in [-0.2, -0.15) is 0 Å². The summed E-state index contributed by atoms with van der Waals surface area (Å²) < 4.78 is 6.40. The highest BCUT2D eigenvalue weighted by molar-refractivity contribution is 5.91. The molecule has 0 saturated heterocycles. The second-order valence-electron chi connectivity index (χ2n) is 10.1. The number of hydrogen-bond acceptors (Lipinski definition) is 3. The number of carbonyl (C=O) groups is 1. The van der Waals surface area contributed by atoms with Crippen LogP contribution < -0.4 is 10.1 Å². The maximum atomic E-state index is 11.9. The van der Waals surface area contributed by atoms with Crippen molar-refractivity contribution >= 4 is 16.7 Å². The molecule has 37 heavy (non-hydrogen) atoms. The van der Waals surface area contributed by atoms with Crippen LogP contribution in [-0.4, -0.2) is 30.3 Å². The maximum absolute atomic E-state index is 11.9. The molecule has 4 nitrogen and oxygen atoms in total. The lowest BCUT2D eigenvalue weighted by atomic mass is 9.80. The third-order valence-electron chi connectivity index (χ3n) is 7.72. The van der Waals surface area contributed by atoms with Gasteiger partial charge in [0.25, 0.3) is 0 Å². The van der Waals surface area contributed by atoms with Gasteiger partial charge in [0.1, 0.15) is 5.75 Å². The smallest absolute Gasteiger partial charge is 0.336 e. The van der Waals surface area contributed by atoms with E-state index in [0.717, 1.165) is 66.8 Å². The van der Waals surface area contributed by atoms with Gasteiger partial charge < -0.3 is 15.2 Å². The van der Waals surface area contributed by atoms with Crippen molar-refractivity contribution in [2.75, 3.05) is 13.1 Å². The third kappa shape index (κ3) is 5.40. The molecular formula is C33H35NO3. The monoisotopic (exact) mass is 493 g/mol. The average Bonchev–Trinajstić information content (AvgIpc) is 2.90. The quantitative estimate of drug-likeness (QED) is 0.245. The van der Waals surface area contributed by atoms with Crippen molar-refractivity contribution in [1.82, 2.24) is 5.32 Å². The minimum absolute atomic E-state index is 0.105. The molecule has 0 aliphatic carbocycles. The molecule has 5 rings (SSSR count). The number of para-hydroxylation sites is 1. The number of carboxylic acid groups (broad SMARTS) is 1. The van der Waals surface area contributed by atoms with E-state index in [2.05, 4.69) is 59.9 Å². The molecule has 2 N–H and O–H groups in total.